The SMILES string of the molecule is OP(O)OOc1ccccc1F. The van der Waals surface area contributed by atoms with Gasteiger partial charge in [0.05, 0.1) is 0 Å². The lowest BCUT2D eigenvalue weighted by molar-refractivity contribution is -0.112. The van der Waals surface area contributed by atoms with E-state index in [1.54, 1.807) is 0 Å². The topological polar surface area (TPSA) is 58.9 Å². The highest BCUT2D eigenvalue weighted by atomic mass is 31.2. The Labute approximate surface area is 69.1 Å². The predicted octanol–water partition coefficient (Wildman–Crippen LogP) is 1.35. The molecule has 66 valence electrons. The summed E-state index contributed by atoms with van der Waals surface area (Å²) in [6.07, 6.45) is 0. The zero-order valence-corrected chi connectivity index (χ0v) is 6.74. The summed E-state index contributed by atoms with van der Waals surface area (Å²) in [6, 6.07) is 5.46. The molecule has 12 heavy (non-hydrogen) atoms. The van der Waals surface area contributed by atoms with Gasteiger partial charge >= 0.3 is 8.60 Å². The number of benzene rings is 1. The van der Waals surface area contributed by atoms with Crippen LogP contribution < -0.4 is 4.89 Å². The number of halogens is 1. The lowest BCUT2D eigenvalue weighted by Gasteiger charge is -2.03. The molecule has 0 saturated heterocycles. The summed E-state index contributed by atoms with van der Waals surface area (Å²) >= 11 is 0. The van der Waals surface area contributed by atoms with Gasteiger partial charge in [0, 0.05) is 0 Å². The maximum Gasteiger partial charge on any atom is 0.370 e. The van der Waals surface area contributed by atoms with E-state index in [-0.39, 0.29) is 5.75 Å². The molecule has 0 aromatic heterocycles. The van der Waals surface area contributed by atoms with Gasteiger partial charge in [0.1, 0.15) is 0 Å². The molecule has 0 saturated carbocycles. The van der Waals surface area contributed by atoms with Crippen LogP contribution in [0.25, 0.3) is 0 Å². The van der Waals surface area contributed by atoms with Crippen molar-refractivity contribution in [2.45, 2.75) is 0 Å². The fraction of sp³-hybridized carbons (Fsp3) is 0. The molecule has 1 rings (SSSR count). The van der Waals surface area contributed by atoms with Crippen LogP contribution in [0, 0.1) is 5.82 Å². The van der Waals surface area contributed by atoms with E-state index in [0.717, 1.165) is 6.07 Å². The number of rotatable bonds is 3. The monoisotopic (exact) mass is 192 g/mol. The molecular formula is C6H6FO4P. The highest BCUT2D eigenvalue weighted by Crippen LogP contribution is 2.27. The summed E-state index contributed by atoms with van der Waals surface area (Å²) in [5.41, 5.74) is 0. The van der Waals surface area contributed by atoms with Crippen molar-refractivity contribution in [1.82, 2.24) is 0 Å². The van der Waals surface area contributed by atoms with Crippen molar-refractivity contribution in [3.8, 4) is 5.75 Å². The molecule has 0 fully saturated rings. The zero-order valence-electron chi connectivity index (χ0n) is 5.85. The number of hydrogen-bond acceptors (Lipinski definition) is 4. The second-order valence-electron chi connectivity index (χ2n) is 1.84. The van der Waals surface area contributed by atoms with Crippen molar-refractivity contribution in [2.24, 2.45) is 0 Å². The Bertz CT molecular complexity index is 255. The normalized spacial score (nSPS) is 10.3. The first kappa shape index (κ1) is 9.35. The van der Waals surface area contributed by atoms with Crippen molar-refractivity contribution < 1.29 is 23.7 Å². The molecule has 1 aromatic rings. The fourth-order valence-electron chi connectivity index (χ4n) is 0.586. The molecule has 2 N–H and O–H groups in total. The van der Waals surface area contributed by atoms with Gasteiger partial charge in [0.2, 0.25) is 5.75 Å². The Balaban J connectivity index is 2.57. The molecule has 0 aliphatic rings. The third kappa shape index (κ3) is 2.71. The Kier molecular flexibility index (Phi) is 3.37. The first-order chi connectivity index (χ1) is 5.70. The van der Waals surface area contributed by atoms with E-state index in [4.69, 9.17) is 9.79 Å². The average molecular weight is 192 g/mol. The summed E-state index contributed by atoms with van der Waals surface area (Å²) in [5, 5.41) is 0. The molecule has 6 heteroatoms. The van der Waals surface area contributed by atoms with Gasteiger partial charge in [-0.1, -0.05) is 12.1 Å². The lowest BCUT2D eigenvalue weighted by Crippen LogP contribution is -1.93. The summed E-state index contributed by atoms with van der Waals surface area (Å²) in [6.45, 7) is 0. The molecule has 0 amide bonds. The third-order valence-corrected chi connectivity index (χ3v) is 1.24. The van der Waals surface area contributed by atoms with Crippen molar-refractivity contribution >= 4 is 8.60 Å². The first-order valence-corrected chi connectivity index (χ1v) is 4.13. The van der Waals surface area contributed by atoms with Gasteiger partial charge in [-0.3, -0.25) is 0 Å². The summed E-state index contributed by atoms with van der Waals surface area (Å²) < 4.78 is 16.6. The van der Waals surface area contributed by atoms with Gasteiger partial charge in [0.25, 0.3) is 0 Å². The van der Waals surface area contributed by atoms with Crippen LogP contribution in [-0.4, -0.2) is 9.79 Å². The van der Waals surface area contributed by atoms with E-state index < -0.39 is 14.4 Å². The predicted molar refractivity (Wildman–Crippen MR) is 39.5 cm³/mol. The average Bonchev–Trinajstić information content (AvgIpc) is 2.03. The standard InChI is InChI=1S/C6H6FO4P/c7-5-3-1-2-4-6(5)10-11-12(8)9/h1-4,8-9H. The number of para-hydroxylation sites is 1. The van der Waals surface area contributed by atoms with Gasteiger partial charge in [0.15, 0.2) is 5.82 Å². The van der Waals surface area contributed by atoms with E-state index in [9.17, 15) is 4.39 Å². The molecule has 0 aliphatic carbocycles. The van der Waals surface area contributed by atoms with Crippen molar-refractivity contribution in [3.05, 3.63) is 30.1 Å². The Morgan fingerprint density at radius 3 is 2.50 bits per heavy atom. The minimum atomic E-state index is -2.63. The van der Waals surface area contributed by atoms with E-state index in [1.165, 1.54) is 18.2 Å². The Morgan fingerprint density at radius 1 is 1.25 bits per heavy atom. The van der Waals surface area contributed by atoms with Gasteiger partial charge < -0.3 is 14.7 Å². The van der Waals surface area contributed by atoms with Crippen LogP contribution in [0.5, 0.6) is 5.75 Å². The van der Waals surface area contributed by atoms with Gasteiger partial charge in [-0.25, -0.2) is 4.39 Å². The zero-order chi connectivity index (χ0) is 8.97. The Morgan fingerprint density at radius 2 is 1.92 bits per heavy atom. The molecule has 0 unspecified atom stereocenters. The molecule has 0 bridgehead atoms. The first-order valence-electron chi connectivity index (χ1n) is 2.97. The van der Waals surface area contributed by atoms with E-state index in [2.05, 4.69) is 9.56 Å². The number of hydrogen-bond donors (Lipinski definition) is 2. The van der Waals surface area contributed by atoms with Crippen LogP contribution >= 0.6 is 8.60 Å². The highest BCUT2D eigenvalue weighted by molar-refractivity contribution is 7.39. The molecule has 0 spiro atoms. The summed E-state index contributed by atoms with van der Waals surface area (Å²) in [5.74, 6) is -0.817. The van der Waals surface area contributed by atoms with Gasteiger partial charge in [-0.05, 0) is 12.1 Å². The molecule has 1 aromatic carbocycles. The van der Waals surface area contributed by atoms with E-state index in [1.807, 2.05) is 0 Å². The van der Waals surface area contributed by atoms with Gasteiger partial charge in [-0.2, -0.15) is 0 Å². The van der Waals surface area contributed by atoms with E-state index in [0.29, 0.717) is 0 Å². The second kappa shape index (κ2) is 4.33. The maximum atomic E-state index is 12.7. The quantitative estimate of drug-likeness (QED) is 0.431. The molecule has 0 atom stereocenters. The van der Waals surface area contributed by atoms with Crippen LogP contribution in [0.3, 0.4) is 0 Å². The van der Waals surface area contributed by atoms with Crippen LogP contribution in [0.1, 0.15) is 0 Å². The molecule has 4 nitrogen and oxygen atoms in total. The van der Waals surface area contributed by atoms with Crippen LogP contribution in [-0.2, 0) is 4.67 Å². The third-order valence-electron chi connectivity index (χ3n) is 1.03. The van der Waals surface area contributed by atoms with Crippen LogP contribution in [0.15, 0.2) is 24.3 Å². The summed E-state index contributed by atoms with van der Waals surface area (Å²) in [4.78, 5) is 20.8. The molecule has 0 heterocycles. The fourth-order valence-corrected chi connectivity index (χ4v) is 0.733. The minimum Gasteiger partial charge on any atom is -0.326 e. The minimum absolute atomic E-state index is 0.187. The molecule has 0 radical (unpaired) electrons. The smallest absolute Gasteiger partial charge is 0.326 e. The Hall–Kier alpha value is -0.740. The van der Waals surface area contributed by atoms with E-state index >= 15 is 0 Å². The van der Waals surface area contributed by atoms with Gasteiger partial charge in [-0.15, -0.1) is 4.67 Å². The largest absolute Gasteiger partial charge is 0.370 e. The molecular weight excluding hydrogens is 186 g/mol. The highest BCUT2D eigenvalue weighted by Gasteiger charge is 2.05. The van der Waals surface area contributed by atoms with Crippen LogP contribution in [0.2, 0.25) is 0 Å². The van der Waals surface area contributed by atoms with Crippen LogP contribution in [0.4, 0.5) is 4.39 Å². The van der Waals surface area contributed by atoms with Crippen molar-refractivity contribution in [1.29, 1.82) is 0 Å². The van der Waals surface area contributed by atoms with Crippen molar-refractivity contribution in [3.63, 3.8) is 0 Å². The maximum absolute atomic E-state index is 12.7. The summed E-state index contributed by atoms with van der Waals surface area (Å²) in [7, 11) is -2.63. The molecule has 0 aliphatic heterocycles. The lowest BCUT2D eigenvalue weighted by atomic mass is 10.3. The van der Waals surface area contributed by atoms with Crippen molar-refractivity contribution in [2.75, 3.05) is 0 Å². The second-order valence-corrected chi connectivity index (χ2v) is 2.50.